The molecule has 11 heteroatoms. The molecule has 3 aromatic rings. The Hall–Kier alpha value is -2.27. The van der Waals surface area contributed by atoms with Crippen LogP contribution < -0.4 is 10.6 Å². The number of nitrogens with one attached hydrogen (secondary N) is 2. The van der Waals surface area contributed by atoms with Crippen molar-refractivity contribution in [1.29, 1.82) is 0 Å². The van der Waals surface area contributed by atoms with Crippen LogP contribution >= 0.6 is 34.3 Å². The molecule has 1 amide bonds. The van der Waals surface area contributed by atoms with Crippen LogP contribution in [0.1, 0.15) is 26.5 Å². The number of aromatic nitrogens is 3. The second-order valence-corrected chi connectivity index (χ2v) is 9.21. The normalized spacial score (nSPS) is 11.3. The molecule has 0 aliphatic rings. The molecule has 0 radical (unpaired) electrons. The number of anilines is 3. The summed E-state index contributed by atoms with van der Waals surface area (Å²) in [6.45, 7) is 5.30. The first-order valence-corrected chi connectivity index (χ1v) is 10.8. The average Bonchev–Trinajstić information content (AvgIpc) is 3.22. The van der Waals surface area contributed by atoms with Gasteiger partial charge in [-0.3, -0.25) is 5.32 Å². The number of carbonyl (C=O) groups excluding carboxylic acids is 1. The van der Waals surface area contributed by atoms with E-state index in [0.717, 1.165) is 4.88 Å². The minimum atomic E-state index is -0.608. The Morgan fingerprint density at radius 3 is 2.72 bits per heavy atom. The van der Waals surface area contributed by atoms with Crippen molar-refractivity contribution in [3.8, 4) is 10.6 Å². The molecular weight excluding hydrogens is 434 g/mol. The van der Waals surface area contributed by atoms with Crippen molar-refractivity contribution in [2.24, 2.45) is 0 Å². The fraction of sp³-hybridized carbons (Fsp3) is 0.333. The van der Waals surface area contributed by atoms with Gasteiger partial charge in [0.2, 0.25) is 0 Å². The van der Waals surface area contributed by atoms with E-state index in [9.17, 15) is 9.90 Å². The van der Waals surface area contributed by atoms with Crippen LogP contribution in [-0.4, -0.2) is 38.4 Å². The van der Waals surface area contributed by atoms with Crippen LogP contribution in [0.25, 0.3) is 10.6 Å². The highest BCUT2D eigenvalue weighted by Gasteiger charge is 2.20. The summed E-state index contributed by atoms with van der Waals surface area (Å²) in [6, 6.07) is 3.50. The summed E-state index contributed by atoms with van der Waals surface area (Å²) in [6.07, 6.45) is 1.32. The van der Waals surface area contributed by atoms with Crippen molar-refractivity contribution in [2.75, 3.05) is 17.2 Å². The van der Waals surface area contributed by atoms with Gasteiger partial charge in [-0.2, -0.15) is 0 Å². The zero-order valence-corrected chi connectivity index (χ0v) is 18.4. The van der Waals surface area contributed by atoms with Gasteiger partial charge in [0.25, 0.3) is 0 Å². The molecule has 154 valence electrons. The van der Waals surface area contributed by atoms with Crippen molar-refractivity contribution in [1.82, 2.24) is 15.0 Å². The maximum atomic E-state index is 12.0. The number of pyridine rings is 1. The molecule has 0 aliphatic carbocycles. The molecule has 8 nitrogen and oxygen atoms in total. The second kappa shape index (κ2) is 9.04. The molecule has 0 saturated heterocycles. The third-order valence-electron chi connectivity index (χ3n) is 3.35. The number of hydrogen-bond acceptors (Lipinski definition) is 9. The number of rotatable bonds is 6. The molecule has 0 spiro atoms. The second-order valence-electron chi connectivity index (χ2n) is 6.92. The van der Waals surface area contributed by atoms with Gasteiger partial charge in [-0.15, -0.1) is 11.3 Å². The molecule has 0 aliphatic heterocycles. The first kappa shape index (κ1) is 21.4. The maximum absolute atomic E-state index is 12.0. The Bertz CT molecular complexity index is 982. The van der Waals surface area contributed by atoms with E-state index < -0.39 is 11.7 Å². The Kier molecular flexibility index (Phi) is 6.68. The van der Waals surface area contributed by atoms with E-state index in [1.807, 2.05) is 5.38 Å². The highest BCUT2D eigenvalue weighted by molar-refractivity contribution is 7.20. The smallest absolute Gasteiger partial charge is 0.413 e. The van der Waals surface area contributed by atoms with Gasteiger partial charge in [-0.05, 0) is 32.9 Å². The number of aliphatic hydroxyl groups excluding tert-OH is 1. The van der Waals surface area contributed by atoms with Crippen molar-refractivity contribution in [3.05, 3.63) is 34.4 Å². The van der Waals surface area contributed by atoms with Crippen molar-refractivity contribution in [3.63, 3.8) is 0 Å². The van der Waals surface area contributed by atoms with E-state index >= 15 is 0 Å². The molecule has 3 N–H and O–H groups in total. The van der Waals surface area contributed by atoms with Crippen molar-refractivity contribution >= 4 is 56.4 Å². The van der Waals surface area contributed by atoms with E-state index in [0.29, 0.717) is 38.9 Å². The number of nitrogens with zero attached hydrogens (tertiary/aromatic N) is 3. The van der Waals surface area contributed by atoms with Crippen LogP contribution in [0.4, 0.5) is 20.9 Å². The minimum absolute atomic E-state index is 0.0629. The summed E-state index contributed by atoms with van der Waals surface area (Å²) < 4.78 is 5.26. The van der Waals surface area contributed by atoms with Gasteiger partial charge in [0, 0.05) is 24.6 Å². The summed E-state index contributed by atoms with van der Waals surface area (Å²) in [5, 5.41) is 18.6. The van der Waals surface area contributed by atoms with Gasteiger partial charge in [-0.25, -0.2) is 19.7 Å². The van der Waals surface area contributed by atoms with Crippen molar-refractivity contribution < 1.29 is 14.6 Å². The predicted molar refractivity (Wildman–Crippen MR) is 116 cm³/mol. The SMILES string of the molecule is CC(C)(C)OC(=O)Nc1nc(CCO)c(-c2csc(Nc3ccc(Cl)cn3)n2)s1. The Labute approximate surface area is 181 Å². The number of aliphatic hydroxyl groups is 1. The molecular formula is C18H20ClN5O3S2. The van der Waals surface area contributed by atoms with E-state index in [1.54, 1.807) is 39.1 Å². The molecule has 29 heavy (non-hydrogen) atoms. The largest absolute Gasteiger partial charge is 0.444 e. The quantitative estimate of drug-likeness (QED) is 0.484. The first-order valence-electron chi connectivity index (χ1n) is 8.68. The average molecular weight is 454 g/mol. The monoisotopic (exact) mass is 453 g/mol. The van der Waals surface area contributed by atoms with Crippen LogP contribution in [0.15, 0.2) is 23.7 Å². The Balaban J connectivity index is 1.78. The fourth-order valence-corrected chi connectivity index (χ4v) is 4.12. The number of thiazole rings is 2. The van der Waals surface area contributed by atoms with Gasteiger partial charge < -0.3 is 15.2 Å². The van der Waals surface area contributed by atoms with Crippen LogP contribution in [-0.2, 0) is 11.2 Å². The first-order chi connectivity index (χ1) is 13.7. The highest BCUT2D eigenvalue weighted by atomic mass is 35.5. The lowest BCUT2D eigenvalue weighted by Gasteiger charge is -2.18. The molecule has 0 unspecified atom stereocenters. The summed E-state index contributed by atoms with van der Waals surface area (Å²) >= 11 is 8.54. The van der Waals surface area contributed by atoms with Crippen molar-refractivity contribution in [2.45, 2.75) is 32.8 Å². The number of halogens is 1. The molecule has 3 aromatic heterocycles. The third kappa shape index (κ3) is 6.10. The van der Waals surface area contributed by atoms with Gasteiger partial charge in [0.05, 0.1) is 21.3 Å². The minimum Gasteiger partial charge on any atom is -0.444 e. The van der Waals surface area contributed by atoms with E-state index in [2.05, 4.69) is 25.6 Å². The highest BCUT2D eigenvalue weighted by Crippen LogP contribution is 2.36. The lowest BCUT2D eigenvalue weighted by atomic mass is 10.2. The van der Waals surface area contributed by atoms with Gasteiger partial charge >= 0.3 is 6.09 Å². The van der Waals surface area contributed by atoms with E-state index in [1.165, 1.54) is 22.7 Å². The summed E-state index contributed by atoms with van der Waals surface area (Å²) in [7, 11) is 0. The number of hydrogen-bond donors (Lipinski definition) is 3. The van der Waals surface area contributed by atoms with Gasteiger partial charge in [0.1, 0.15) is 11.4 Å². The molecule has 3 rings (SSSR count). The molecule has 0 fully saturated rings. The van der Waals surface area contributed by atoms with Crippen LogP contribution in [0.2, 0.25) is 5.02 Å². The van der Waals surface area contributed by atoms with E-state index in [-0.39, 0.29) is 6.61 Å². The Morgan fingerprint density at radius 1 is 1.28 bits per heavy atom. The molecule has 0 saturated carbocycles. The topological polar surface area (TPSA) is 109 Å². The third-order valence-corrected chi connectivity index (χ3v) is 5.37. The van der Waals surface area contributed by atoms with Crippen LogP contribution in [0.5, 0.6) is 0 Å². The predicted octanol–water partition coefficient (Wildman–Crippen LogP) is 4.94. The summed E-state index contributed by atoms with van der Waals surface area (Å²) in [5.41, 5.74) is 0.748. The number of amides is 1. The molecule has 0 aromatic carbocycles. The lowest BCUT2D eigenvalue weighted by molar-refractivity contribution is 0.0636. The Morgan fingerprint density at radius 2 is 2.07 bits per heavy atom. The lowest BCUT2D eigenvalue weighted by Crippen LogP contribution is -2.27. The number of ether oxygens (including phenoxy) is 1. The number of carbonyl (C=O) groups is 1. The van der Waals surface area contributed by atoms with Gasteiger partial charge in [-0.1, -0.05) is 22.9 Å². The zero-order valence-electron chi connectivity index (χ0n) is 16.0. The summed E-state index contributed by atoms with van der Waals surface area (Å²) in [4.78, 5) is 26.0. The zero-order chi connectivity index (χ0) is 21.0. The van der Waals surface area contributed by atoms with E-state index in [4.69, 9.17) is 16.3 Å². The fourth-order valence-electron chi connectivity index (χ4n) is 2.27. The molecule has 0 atom stereocenters. The van der Waals surface area contributed by atoms with Gasteiger partial charge in [0.15, 0.2) is 10.3 Å². The van der Waals surface area contributed by atoms with Crippen LogP contribution in [0, 0.1) is 0 Å². The molecule has 3 heterocycles. The van der Waals surface area contributed by atoms with Crippen LogP contribution in [0.3, 0.4) is 0 Å². The summed E-state index contributed by atoms with van der Waals surface area (Å²) in [5.74, 6) is 0.627. The molecule has 0 bridgehead atoms. The standard InChI is InChI=1S/C18H20ClN5O3S2/c1-18(2,3)27-17(26)24-16-21-11(6-7-25)14(29-16)12-9-28-15(22-12)23-13-5-4-10(19)8-20-13/h4-5,8-9,25H,6-7H2,1-3H3,(H,20,22,23)(H,21,24,26). The maximum Gasteiger partial charge on any atom is 0.413 e.